The van der Waals surface area contributed by atoms with Gasteiger partial charge in [0, 0.05) is 0 Å². The topological polar surface area (TPSA) is 114 Å². The molecule has 2 aromatic heterocycles. The van der Waals surface area contributed by atoms with E-state index in [0.717, 1.165) is 5.39 Å². The fourth-order valence-electron chi connectivity index (χ4n) is 4.24. The molecule has 0 saturated carbocycles. The summed E-state index contributed by atoms with van der Waals surface area (Å²) in [5, 5.41) is 5.70. The van der Waals surface area contributed by atoms with Gasteiger partial charge in [-0.05, 0) is 84.5 Å². The van der Waals surface area contributed by atoms with Crippen LogP contribution in [0.4, 0.5) is 0 Å². The molecule has 0 amide bonds. The van der Waals surface area contributed by atoms with E-state index >= 15 is 0 Å². The van der Waals surface area contributed by atoms with Crippen LogP contribution < -0.4 is 19.8 Å². The lowest BCUT2D eigenvalue weighted by Crippen LogP contribution is -2.20. The first-order chi connectivity index (χ1) is 19.9. The Morgan fingerprint density at radius 1 is 1.02 bits per heavy atom. The largest absolute Gasteiger partial charge is 0.496 e. The second kappa shape index (κ2) is 12.4. The van der Waals surface area contributed by atoms with Crippen molar-refractivity contribution >= 4 is 56.6 Å². The summed E-state index contributed by atoms with van der Waals surface area (Å²) in [7, 11) is 1.58. The average molecular weight is 667 g/mol. The molecule has 41 heavy (non-hydrogen) atoms. The lowest BCUT2D eigenvalue weighted by Gasteiger charge is -2.14. The van der Waals surface area contributed by atoms with Crippen LogP contribution in [0.5, 0.6) is 17.2 Å². The molecule has 0 unspecified atom stereocenters. The molecule has 0 saturated heterocycles. The van der Waals surface area contributed by atoms with E-state index in [0.29, 0.717) is 55.2 Å². The zero-order valence-corrected chi connectivity index (χ0v) is 24.7. The highest BCUT2D eigenvalue weighted by Gasteiger charge is 2.19. The first kappa shape index (κ1) is 28.1. The van der Waals surface area contributed by atoms with Gasteiger partial charge in [0.2, 0.25) is 5.82 Å². The number of hydrogen-bond acceptors (Lipinski definition) is 9. The van der Waals surface area contributed by atoms with Gasteiger partial charge in [-0.15, -0.1) is 0 Å². The van der Waals surface area contributed by atoms with Gasteiger partial charge < -0.3 is 23.4 Å². The van der Waals surface area contributed by atoms with E-state index in [1.165, 1.54) is 10.9 Å². The Hall–Kier alpha value is -4.39. The third kappa shape index (κ3) is 5.89. The number of hydrogen-bond donors (Lipinski definition) is 0. The van der Waals surface area contributed by atoms with Crippen LogP contribution in [-0.4, -0.2) is 48.8 Å². The van der Waals surface area contributed by atoms with Crippen molar-refractivity contribution < 1.29 is 28.2 Å². The highest BCUT2D eigenvalue weighted by atomic mass is 127. The number of carbonyl (C=O) groups excluding carboxylic acids is 1. The maximum atomic E-state index is 13.6. The number of furan rings is 1. The first-order valence-corrected chi connectivity index (χ1v) is 13.9. The molecule has 0 aliphatic heterocycles. The molecule has 3 aromatic carbocycles. The Bertz CT molecular complexity index is 1830. The lowest BCUT2D eigenvalue weighted by molar-refractivity contribution is -0.145. The molecule has 0 aliphatic carbocycles. The van der Waals surface area contributed by atoms with Gasteiger partial charge in [-0.1, -0.05) is 18.2 Å². The van der Waals surface area contributed by atoms with Gasteiger partial charge in [0.15, 0.2) is 23.9 Å². The van der Waals surface area contributed by atoms with Gasteiger partial charge in [-0.2, -0.15) is 9.78 Å². The van der Waals surface area contributed by atoms with Crippen molar-refractivity contribution in [1.29, 1.82) is 0 Å². The monoisotopic (exact) mass is 667 g/mol. The van der Waals surface area contributed by atoms with E-state index in [-0.39, 0.29) is 24.6 Å². The van der Waals surface area contributed by atoms with E-state index < -0.39 is 5.97 Å². The molecule has 0 bridgehead atoms. The highest BCUT2D eigenvalue weighted by molar-refractivity contribution is 14.1. The van der Waals surface area contributed by atoms with Gasteiger partial charge in [0.25, 0.3) is 5.56 Å². The second-order valence-electron chi connectivity index (χ2n) is 8.65. The van der Waals surface area contributed by atoms with Crippen molar-refractivity contribution in [1.82, 2.24) is 9.66 Å². The minimum absolute atomic E-state index is 0.234. The zero-order valence-electron chi connectivity index (χ0n) is 22.5. The van der Waals surface area contributed by atoms with Gasteiger partial charge in [-0.25, -0.2) is 9.78 Å². The molecule has 0 N–H and O–H groups in total. The predicted octanol–water partition coefficient (Wildman–Crippen LogP) is 5.65. The Morgan fingerprint density at radius 2 is 1.85 bits per heavy atom. The highest BCUT2D eigenvalue weighted by Crippen LogP contribution is 2.35. The molecule has 0 aliphatic rings. The molecule has 5 rings (SSSR count). The maximum Gasteiger partial charge on any atom is 0.344 e. The molecular weight excluding hydrogens is 641 g/mol. The van der Waals surface area contributed by atoms with E-state index in [1.807, 2.05) is 31.2 Å². The third-order valence-electron chi connectivity index (χ3n) is 6.01. The quantitative estimate of drug-likeness (QED) is 0.107. The van der Waals surface area contributed by atoms with Crippen molar-refractivity contribution in [2.45, 2.75) is 13.8 Å². The van der Waals surface area contributed by atoms with Crippen molar-refractivity contribution in [3.8, 4) is 28.8 Å². The number of ether oxygens (including phenoxy) is 4. The van der Waals surface area contributed by atoms with E-state index in [4.69, 9.17) is 28.3 Å². The molecule has 11 heteroatoms. The van der Waals surface area contributed by atoms with Crippen molar-refractivity contribution in [3.05, 3.63) is 80.2 Å². The molecule has 10 nitrogen and oxygen atoms in total. The molecule has 0 atom stereocenters. The summed E-state index contributed by atoms with van der Waals surface area (Å²) in [6.45, 7) is 3.97. The zero-order chi connectivity index (χ0) is 28.9. The summed E-state index contributed by atoms with van der Waals surface area (Å²) in [5.74, 6) is 1.60. The minimum Gasteiger partial charge on any atom is -0.496 e. The Labute approximate surface area is 248 Å². The first-order valence-electron chi connectivity index (χ1n) is 12.8. The van der Waals surface area contributed by atoms with E-state index in [2.05, 4.69) is 27.7 Å². The molecule has 0 radical (unpaired) electrons. The fraction of sp³-hybridized carbons (Fsp3) is 0.200. The fourth-order valence-corrected chi connectivity index (χ4v) is 5.02. The number of para-hydroxylation sites is 1. The summed E-state index contributed by atoms with van der Waals surface area (Å²) < 4.78 is 29.9. The summed E-state index contributed by atoms with van der Waals surface area (Å²) in [5.41, 5.74) is 1.39. The number of esters is 1. The van der Waals surface area contributed by atoms with Crippen molar-refractivity contribution in [2.24, 2.45) is 5.10 Å². The van der Waals surface area contributed by atoms with Crippen LogP contribution in [0.2, 0.25) is 0 Å². The number of nitrogens with zero attached hydrogens (tertiary/aromatic N) is 3. The molecule has 2 heterocycles. The maximum absolute atomic E-state index is 13.6. The molecular formula is C30H26IN3O7. The van der Waals surface area contributed by atoms with Gasteiger partial charge in [0.05, 0.1) is 46.4 Å². The number of methoxy groups -OCH3 is 1. The standard InChI is InChI=1S/C30H26IN3O7/c1-4-38-25-14-18(13-21(31)28(25)40-17-27(35)39-5-2)16-32-34-29(33-22-10-7-6-9-19(22)30(34)36)26-15-20-23(37-3)11-8-12-24(20)41-26/h6-16H,4-5,17H2,1-3H3. The number of fused-ring (bicyclic) bond motifs is 2. The molecule has 0 spiro atoms. The number of carbonyl (C=O) groups is 1. The number of halogens is 1. The smallest absolute Gasteiger partial charge is 0.344 e. The average Bonchev–Trinajstić information content (AvgIpc) is 3.41. The molecule has 0 fully saturated rings. The minimum atomic E-state index is -0.477. The Morgan fingerprint density at radius 3 is 2.63 bits per heavy atom. The van der Waals surface area contributed by atoms with Gasteiger partial charge in [0.1, 0.15) is 11.3 Å². The number of rotatable bonds is 10. The van der Waals surface area contributed by atoms with Crippen LogP contribution in [0.25, 0.3) is 33.5 Å². The van der Waals surface area contributed by atoms with Gasteiger partial charge >= 0.3 is 5.97 Å². The second-order valence-corrected chi connectivity index (χ2v) is 9.82. The van der Waals surface area contributed by atoms with Crippen LogP contribution in [-0.2, 0) is 9.53 Å². The molecule has 5 aromatic rings. The number of benzene rings is 3. The van der Waals surface area contributed by atoms with Crippen molar-refractivity contribution in [3.63, 3.8) is 0 Å². The summed E-state index contributed by atoms with van der Waals surface area (Å²) in [6, 6.07) is 17.8. The summed E-state index contributed by atoms with van der Waals surface area (Å²) in [6.07, 6.45) is 1.53. The summed E-state index contributed by atoms with van der Waals surface area (Å²) in [4.78, 5) is 30.2. The van der Waals surface area contributed by atoms with Crippen LogP contribution in [0.15, 0.2) is 75.0 Å². The SMILES string of the molecule is CCOC(=O)COc1c(I)cc(C=Nn2c(-c3cc4c(OC)cccc4o3)nc3ccccc3c2=O)cc1OCC. The Kier molecular flexibility index (Phi) is 8.53. The van der Waals surface area contributed by atoms with Crippen LogP contribution >= 0.6 is 22.6 Å². The summed E-state index contributed by atoms with van der Waals surface area (Å²) >= 11 is 2.10. The predicted molar refractivity (Wildman–Crippen MR) is 163 cm³/mol. The van der Waals surface area contributed by atoms with E-state index in [1.54, 1.807) is 50.4 Å². The van der Waals surface area contributed by atoms with Crippen LogP contribution in [0.1, 0.15) is 19.4 Å². The van der Waals surface area contributed by atoms with Crippen LogP contribution in [0.3, 0.4) is 0 Å². The normalized spacial score (nSPS) is 11.3. The van der Waals surface area contributed by atoms with E-state index in [9.17, 15) is 9.59 Å². The lowest BCUT2D eigenvalue weighted by atomic mass is 10.2. The van der Waals surface area contributed by atoms with Gasteiger partial charge in [-0.3, -0.25) is 4.79 Å². The number of aromatic nitrogens is 2. The van der Waals surface area contributed by atoms with Crippen LogP contribution in [0, 0.1) is 3.57 Å². The Balaban J connectivity index is 1.59. The van der Waals surface area contributed by atoms with Crippen molar-refractivity contribution in [2.75, 3.05) is 26.9 Å². The third-order valence-corrected chi connectivity index (χ3v) is 6.81. The molecule has 210 valence electrons.